The summed E-state index contributed by atoms with van der Waals surface area (Å²) in [4.78, 5) is 36.8. The maximum atomic E-state index is 12.6. The Hall–Kier alpha value is -3.06. The number of anilines is 2. The molecular weight excluding hydrogens is 348 g/mol. The number of carbonyl (C=O) groups is 3. The van der Waals surface area contributed by atoms with Crippen molar-refractivity contribution in [3.63, 3.8) is 0 Å². The molecule has 3 N–H and O–H groups in total. The van der Waals surface area contributed by atoms with Gasteiger partial charge in [0, 0.05) is 11.1 Å². The van der Waals surface area contributed by atoms with Crippen molar-refractivity contribution in [1.82, 2.24) is 0 Å². The lowest BCUT2D eigenvalue weighted by molar-refractivity contribution is -0.121. The first-order valence-corrected chi connectivity index (χ1v) is 7.70. The summed E-state index contributed by atoms with van der Waals surface area (Å²) in [5, 5.41) is 22.1. The molecule has 0 saturated carbocycles. The molecule has 25 heavy (non-hydrogen) atoms. The van der Waals surface area contributed by atoms with Crippen molar-refractivity contribution in [2.75, 3.05) is 10.2 Å². The smallest absolute Gasteiger partial charge is 0.335 e. The summed E-state index contributed by atoms with van der Waals surface area (Å²) in [6, 6.07) is 9.09. The van der Waals surface area contributed by atoms with E-state index in [4.69, 9.17) is 16.7 Å². The van der Waals surface area contributed by atoms with Crippen LogP contribution in [0.2, 0.25) is 5.02 Å². The second kappa shape index (κ2) is 6.45. The molecule has 2 amide bonds. The third kappa shape index (κ3) is 3.27. The van der Waals surface area contributed by atoms with E-state index in [0.717, 1.165) is 4.90 Å². The number of phenolic OH excluding ortho intramolecular Hbond substituents is 1. The van der Waals surface area contributed by atoms with Crippen molar-refractivity contribution >= 4 is 40.8 Å². The van der Waals surface area contributed by atoms with Crippen LogP contribution in [0.5, 0.6) is 5.75 Å². The van der Waals surface area contributed by atoms with Gasteiger partial charge in [-0.15, -0.1) is 0 Å². The van der Waals surface area contributed by atoms with E-state index in [2.05, 4.69) is 5.32 Å². The Morgan fingerprint density at radius 1 is 1.20 bits per heavy atom. The fraction of sp³-hybridized carbons (Fsp3) is 0.118. The minimum absolute atomic E-state index is 0.0233. The van der Waals surface area contributed by atoms with Crippen molar-refractivity contribution in [2.24, 2.45) is 0 Å². The fourth-order valence-electron chi connectivity index (χ4n) is 2.61. The number of carboxylic acids is 1. The number of aromatic hydroxyl groups is 1. The predicted molar refractivity (Wildman–Crippen MR) is 91.0 cm³/mol. The highest BCUT2D eigenvalue weighted by molar-refractivity contribution is 6.30. The van der Waals surface area contributed by atoms with Crippen molar-refractivity contribution in [3.05, 3.63) is 53.1 Å². The van der Waals surface area contributed by atoms with Gasteiger partial charge in [-0.25, -0.2) is 9.69 Å². The maximum absolute atomic E-state index is 12.6. The highest BCUT2D eigenvalue weighted by Crippen LogP contribution is 2.30. The molecule has 2 aromatic rings. The number of hydrogen-bond acceptors (Lipinski definition) is 5. The predicted octanol–water partition coefficient (Wildman–Crippen LogP) is 2.49. The molecule has 7 nitrogen and oxygen atoms in total. The lowest BCUT2D eigenvalue weighted by Gasteiger charge is -2.17. The topological polar surface area (TPSA) is 107 Å². The lowest BCUT2D eigenvalue weighted by atomic mass is 10.2. The zero-order valence-corrected chi connectivity index (χ0v) is 13.5. The van der Waals surface area contributed by atoms with E-state index in [1.807, 2.05) is 0 Å². The van der Waals surface area contributed by atoms with E-state index in [1.54, 1.807) is 6.07 Å². The zero-order valence-electron chi connectivity index (χ0n) is 12.8. The number of nitrogens with zero attached hydrogens (tertiary/aromatic N) is 1. The van der Waals surface area contributed by atoms with Gasteiger partial charge in [-0.3, -0.25) is 9.59 Å². The number of carbonyl (C=O) groups excluding carboxylic acids is 2. The number of nitrogens with one attached hydrogen (secondary N) is 1. The van der Waals surface area contributed by atoms with Crippen molar-refractivity contribution in [2.45, 2.75) is 12.5 Å². The first-order chi connectivity index (χ1) is 11.9. The number of rotatable bonds is 4. The van der Waals surface area contributed by atoms with Gasteiger partial charge in [-0.05, 0) is 30.3 Å². The van der Waals surface area contributed by atoms with Crippen LogP contribution >= 0.6 is 11.6 Å². The summed E-state index contributed by atoms with van der Waals surface area (Å²) in [5.41, 5.74) is 0.445. The fourth-order valence-corrected chi connectivity index (χ4v) is 2.77. The van der Waals surface area contributed by atoms with Crippen LogP contribution in [0.1, 0.15) is 16.8 Å². The Labute approximate surface area is 147 Å². The molecule has 0 spiro atoms. The molecule has 1 heterocycles. The Morgan fingerprint density at radius 2 is 1.96 bits per heavy atom. The highest BCUT2D eigenvalue weighted by Gasteiger charge is 2.40. The van der Waals surface area contributed by atoms with Crippen LogP contribution in [0, 0.1) is 0 Å². The van der Waals surface area contributed by atoms with Crippen LogP contribution in [0.25, 0.3) is 0 Å². The molecule has 0 aromatic heterocycles. The molecule has 1 fully saturated rings. The molecule has 0 bridgehead atoms. The summed E-state index contributed by atoms with van der Waals surface area (Å²) in [5.74, 6) is -2.28. The SMILES string of the molecule is O=C(O)c1cccc(N2C(=O)CC(Nc3ccc(Cl)cc3O)C2=O)c1. The first kappa shape index (κ1) is 16.8. The zero-order chi connectivity index (χ0) is 18.1. The molecule has 1 saturated heterocycles. The highest BCUT2D eigenvalue weighted by atomic mass is 35.5. The normalized spacial score (nSPS) is 17.0. The Bertz CT molecular complexity index is 883. The Morgan fingerprint density at radius 3 is 2.64 bits per heavy atom. The number of hydrogen-bond donors (Lipinski definition) is 3. The lowest BCUT2D eigenvalue weighted by Crippen LogP contribution is -2.34. The van der Waals surface area contributed by atoms with Crippen LogP contribution < -0.4 is 10.2 Å². The van der Waals surface area contributed by atoms with Crippen LogP contribution in [0.3, 0.4) is 0 Å². The molecular formula is C17H13ClN2O5. The van der Waals surface area contributed by atoms with Gasteiger partial charge in [0.15, 0.2) is 0 Å². The van der Waals surface area contributed by atoms with E-state index >= 15 is 0 Å². The van der Waals surface area contributed by atoms with E-state index in [1.165, 1.54) is 36.4 Å². The molecule has 1 aliphatic heterocycles. The molecule has 8 heteroatoms. The second-order valence-corrected chi connectivity index (χ2v) is 5.92. The van der Waals surface area contributed by atoms with E-state index in [9.17, 15) is 19.5 Å². The number of carboxylic acid groups (broad SMARTS) is 1. The number of imide groups is 1. The third-order valence-electron chi connectivity index (χ3n) is 3.79. The van der Waals surface area contributed by atoms with Crippen molar-refractivity contribution in [1.29, 1.82) is 0 Å². The van der Waals surface area contributed by atoms with Crippen LogP contribution in [0.15, 0.2) is 42.5 Å². The number of halogens is 1. The van der Waals surface area contributed by atoms with Gasteiger partial charge in [0.05, 0.1) is 23.4 Å². The van der Waals surface area contributed by atoms with Gasteiger partial charge in [-0.2, -0.15) is 0 Å². The van der Waals surface area contributed by atoms with E-state index < -0.39 is 23.8 Å². The van der Waals surface area contributed by atoms with Gasteiger partial charge in [-0.1, -0.05) is 17.7 Å². The molecule has 1 aliphatic rings. The average Bonchev–Trinajstić information content (AvgIpc) is 2.84. The number of amides is 2. The van der Waals surface area contributed by atoms with E-state index in [-0.39, 0.29) is 29.1 Å². The third-order valence-corrected chi connectivity index (χ3v) is 4.02. The largest absolute Gasteiger partial charge is 0.506 e. The summed E-state index contributed by atoms with van der Waals surface area (Å²) in [6.45, 7) is 0. The molecule has 128 valence electrons. The average molecular weight is 361 g/mol. The summed E-state index contributed by atoms with van der Waals surface area (Å²) in [6.07, 6.45) is -0.113. The first-order valence-electron chi connectivity index (χ1n) is 7.32. The van der Waals surface area contributed by atoms with Crippen molar-refractivity contribution in [3.8, 4) is 5.75 Å². The quantitative estimate of drug-likeness (QED) is 0.571. The Balaban J connectivity index is 1.85. The Kier molecular flexibility index (Phi) is 4.33. The number of benzene rings is 2. The molecule has 3 rings (SSSR count). The van der Waals surface area contributed by atoms with Gasteiger partial charge in [0.1, 0.15) is 11.8 Å². The second-order valence-electron chi connectivity index (χ2n) is 5.49. The maximum Gasteiger partial charge on any atom is 0.335 e. The molecule has 1 atom stereocenters. The van der Waals surface area contributed by atoms with E-state index in [0.29, 0.717) is 5.02 Å². The van der Waals surface area contributed by atoms with Crippen LogP contribution in [-0.2, 0) is 9.59 Å². The summed E-state index contributed by atoms with van der Waals surface area (Å²) < 4.78 is 0. The van der Waals surface area contributed by atoms with Crippen molar-refractivity contribution < 1.29 is 24.6 Å². The molecule has 0 aliphatic carbocycles. The summed E-state index contributed by atoms with van der Waals surface area (Å²) in [7, 11) is 0. The standard InChI is InChI=1S/C17H13ClN2O5/c18-10-4-5-12(14(21)7-10)19-13-8-15(22)20(16(13)23)11-3-1-2-9(6-11)17(24)25/h1-7,13,19,21H,8H2,(H,24,25). The molecule has 1 unspecified atom stereocenters. The number of phenols is 1. The molecule has 2 aromatic carbocycles. The van der Waals surface area contributed by atoms with Gasteiger partial charge >= 0.3 is 5.97 Å². The van der Waals surface area contributed by atoms with Crippen LogP contribution in [0.4, 0.5) is 11.4 Å². The van der Waals surface area contributed by atoms with Crippen LogP contribution in [-0.4, -0.2) is 34.0 Å². The van der Waals surface area contributed by atoms with Gasteiger partial charge in [0.2, 0.25) is 5.91 Å². The minimum atomic E-state index is -1.15. The number of aromatic carboxylic acids is 1. The monoisotopic (exact) mass is 360 g/mol. The summed E-state index contributed by atoms with van der Waals surface area (Å²) >= 11 is 5.76. The molecule has 0 radical (unpaired) electrons. The van der Waals surface area contributed by atoms with Gasteiger partial charge < -0.3 is 15.5 Å². The minimum Gasteiger partial charge on any atom is -0.506 e. The van der Waals surface area contributed by atoms with Gasteiger partial charge in [0.25, 0.3) is 5.91 Å².